The molecule has 0 unspecified atom stereocenters. The molecule has 4 heterocycles. The normalized spacial score (nSPS) is 32.7. The molecule has 47 heavy (non-hydrogen) atoms. The van der Waals surface area contributed by atoms with Gasteiger partial charge in [-0.1, -0.05) is 70.0 Å². The Morgan fingerprint density at radius 1 is 1.02 bits per heavy atom. The molecule has 2 aromatic carbocycles. The molecule has 0 radical (unpaired) electrons. The number of hydrogen-bond acceptors (Lipinski definition) is 7. The van der Waals surface area contributed by atoms with Crippen molar-refractivity contribution in [3.63, 3.8) is 0 Å². The Morgan fingerprint density at radius 3 is 2.40 bits per heavy atom. The summed E-state index contributed by atoms with van der Waals surface area (Å²) in [4.78, 5) is 61.4. The number of halogens is 2. The number of fused-ring (bicyclic) bond motifs is 2. The smallest absolute Gasteiger partial charge is 0.313 e. The fraction of sp³-hybridized carbons (Fsp3) is 0.429. The Hall–Kier alpha value is -3.51. The quantitative estimate of drug-likeness (QED) is 0.367. The topological polar surface area (TPSA) is 117 Å². The Labute approximate surface area is 287 Å². The minimum Gasteiger partial charge on any atom is -0.455 e. The zero-order valence-electron chi connectivity index (χ0n) is 26.3. The van der Waals surface area contributed by atoms with Crippen LogP contribution in [0.1, 0.15) is 38.4 Å². The van der Waals surface area contributed by atoms with Gasteiger partial charge in [0.15, 0.2) is 0 Å². The third kappa shape index (κ3) is 5.71. The Kier molecular flexibility index (Phi) is 9.37. The Bertz CT molecular complexity index is 1620. The molecule has 0 aromatic heterocycles. The van der Waals surface area contributed by atoms with E-state index in [9.17, 15) is 24.3 Å². The van der Waals surface area contributed by atoms with Gasteiger partial charge in [-0.3, -0.25) is 19.2 Å². The van der Waals surface area contributed by atoms with Crippen LogP contribution in [0.4, 0.5) is 5.69 Å². The number of allylic oxidation sites excluding steroid dienone is 1. The molecule has 1 spiro atoms. The van der Waals surface area contributed by atoms with Crippen LogP contribution in [0.3, 0.4) is 0 Å². The molecule has 3 amide bonds. The summed E-state index contributed by atoms with van der Waals surface area (Å²) in [6.07, 6.45) is 4.30. The van der Waals surface area contributed by atoms with E-state index in [4.69, 9.17) is 21.1 Å². The van der Waals surface area contributed by atoms with Crippen LogP contribution in [0.15, 0.2) is 77.3 Å². The minimum atomic E-state index is -1.51. The molecular formula is C35H37BrClN3O7. The predicted octanol–water partition coefficient (Wildman–Crippen LogP) is 4.41. The molecule has 0 saturated carbocycles. The second kappa shape index (κ2) is 13.2. The Morgan fingerprint density at radius 2 is 1.72 bits per heavy atom. The van der Waals surface area contributed by atoms with Crippen molar-refractivity contribution < 1.29 is 33.8 Å². The fourth-order valence-corrected chi connectivity index (χ4v) is 8.12. The Balaban J connectivity index is 1.49. The highest BCUT2D eigenvalue weighted by Crippen LogP contribution is 2.59. The molecule has 5 bridgehead atoms. The van der Waals surface area contributed by atoms with Crippen LogP contribution in [-0.4, -0.2) is 88.6 Å². The van der Waals surface area contributed by atoms with E-state index in [0.29, 0.717) is 27.2 Å². The van der Waals surface area contributed by atoms with E-state index in [-0.39, 0.29) is 18.9 Å². The van der Waals surface area contributed by atoms with Gasteiger partial charge in [0.2, 0.25) is 11.8 Å². The van der Waals surface area contributed by atoms with Gasteiger partial charge >= 0.3 is 5.97 Å². The SMILES string of the molecule is C[C@@H]1[C@@H](c2ccccc2)OC(=O)[C@@H]2[C@H]3O[C@@]4(C=C3Br)[C@H](C(=O)N(c3ccc(Cl)cc3)C/C=C\CCC(=O)N1C)N([C@H](C)CO)C(=O)[C@@H]24. The number of carbonyl (C=O) groups is 4. The van der Waals surface area contributed by atoms with Gasteiger partial charge in [0.1, 0.15) is 29.8 Å². The average molecular weight is 727 g/mol. The van der Waals surface area contributed by atoms with E-state index >= 15 is 0 Å². The van der Waals surface area contributed by atoms with E-state index in [1.54, 1.807) is 49.2 Å². The first-order valence-corrected chi connectivity index (χ1v) is 16.9. The van der Waals surface area contributed by atoms with Crippen molar-refractivity contribution in [3.8, 4) is 0 Å². The zero-order valence-corrected chi connectivity index (χ0v) is 28.6. The van der Waals surface area contributed by atoms with Crippen molar-refractivity contribution >= 4 is 56.9 Å². The second-order valence-corrected chi connectivity index (χ2v) is 13.9. The maximum atomic E-state index is 14.8. The van der Waals surface area contributed by atoms with Gasteiger partial charge in [-0.25, -0.2) is 0 Å². The number of anilines is 1. The number of esters is 1. The van der Waals surface area contributed by atoms with Crippen LogP contribution in [-0.2, 0) is 28.7 Å². The van der Waals surface area contributed by atoms with Crippen LogP contribution in [0.5, 0.6) is 0 Å². The summed E-state index contributed by atoms with van der Waals surface area (Å²) in [6.45, 7) is 3.21. The maximum Gasteiger partial charge on any atom is 0.313 e. The molecule has 0 aliphatic carbocycles. The largest absolute Gasteiger partial charge is 0.455 e. The van der Waals surface area contributed by atoms with E-state index in [2.05, 4.69) is 15.9 Å². The highest BCUT2D eigenvalue weighted by atomic mass is 79.9. The summed E-state index contributed by atoms with van der Waals surface area (Å²) in [5.74, 6) is -3.91. The standard InChI is InChI=1S/C35H37BrClN3O7/c1-20(19-41)40-31-33(44)39(24-15-13-23(37)14-16-24)17-9-5-8-12-26(42)38(3)21(2)29(22-10-6-4-7-11-22)46-34(45)27-28(32(40)43)35(31)18-25(36)30(27)47-35/h4-7,9-11,13-16,18,20-21,27-31,41H,8,12,17,19H2,1-3H3/b9-5-/t20-,21-,27+,28-,29+,30+,31+,35-/m1/s1. The number of benzene rings is 2. The molecule has 6 rings (SSSR count). The first-order chi connectivity index (χ1) is 22.5. The maximum absolute atomic E-state index is 14.8. The molecule has 2 aromatic rings. The fourth-order valence-electron chi connectivity index (χ4n) is 7.26. The number of likely N-dealkylation sites (tertiary alicyclic amines) is 1. The van der Waals surface area contributed by atoms with Crippen molar-refractivity contribution in [3.05, 3.63) is 87.9 Å². The van der Waals surface area contributed by atoms with Gasteiger partial charge in [0, 0.05) is 35.2 Å². The van der Waals surface area contributed by atoms with Crippen LogP contribution in [0, 0.1) is 11.8 Å². The number of rotatable bonds is 4. The lowest BCUT2D eigenvalue weighted by Gasteiger charge is -2.37. The number of hydrogen-bond donors (Lipinski definition) is 1. The minimum absolute atomic E-state index is 0.129. The third-order valence-corrected chi connectivity index (χ3v) is 10.7. The number of likely N-dealkylation sites (N-methyl/N-ethyl adjacent to an activating group) is 1. The molecule has 12 heteroatoms. The third-order valence-electron chi connectivity index (χ3n) is 9.81. The summed E-state index contributed by atoms with van der Waals surface area (Å²) in [5, 5.41) is 10.8. The number of aliphatic hydroxyl groups is 1. The first kappa shape index (κ1) is 33.4. The lowest BCUT2D eigenvalue weighted by Crippen LogP contribution is -2.58. The van der Waals surface area contributed by atoms with Crippen LogP contribution >= 0.6 is 27.5 Å². The highest BCUT2D eigenvalue weighted by molar-refractivity contribution is 9.11. The van der Waals surface area contributed by atoms with Crippen molar-refractivity contribution in [2.24, 2.45) is 11.8 Å². The molecule has 2 fully saturated rings. The summed E-state index contributed by atoms with van der Waals surface area (Å²) >= 11 is 9.75. The zero-order chi connectivity index (χ0) is 33.6. The lowest BCUT2D eigenvalue weighted by molar-refractivity contribution is -0.164. The second-order valence-electron chi connectivity index (χ2n) is 12.6. The molecule has 2 saturated heterocycles. The van der Waals surface area contributed by atoms with Gasteiger partial charge < -0.3 is 29.3 Å². The molecule has 1 N–H and O–H groups in total. The molecule has 10 nitrogen and oxygen atoms in total. The van der Waals surface area contributed by atoms with Crippen LogP contribution < -0.4 is 4.90 Å². The van der Waals surface area contributed by atoms with Gasteiger partial charge in [0.25, 0.3) is 5.91 Å². The van der Waals surface area contributed by atoms with Crippen molar-refractivity contribution in [2.45, 2.75) is 62.6 Å². The van der Waals surface area contributed by atoms with E-state index in [1.807, 2.05) is 49.4 Å². The van der Waals surface area contributed by atoms with Crippen LogP contribution in [0.2, 0.25) is 5.02 Å². The van der Waals surface area contributed by atoms with Crippen LogP contribution in [0.25, 0.3) is 0 Å². The highest BCUT2D eigenvalue weighted by Gasteiger charge is 2.75. The predicted molar refractivity (Wildman–Crippen MR) is 178 cm³/mol. The monoisotopic (exact) mass is 725 g/mol. The molecule has 248 valence electrons. The molecule has 4 aliphatic rings. The number of cyclic esters (lactones) is 1. The first-order valence-electron chi connectivity index (χ1n) is 15.7. The lowest BCUT2D eigenvalue weighted by atomic mass is 9.74. The molecule has 8 atom stereocenters. The number of amides is 3. The number of aliphatic hydroxyl groups excluding tert-OH is 1. The molecule has 4 aliphatic heterocycles. The molecular weight excluding hydrogens is 690 g/mol. The summed E-state index contributed by atoms with van der Waals surface area (Å²) in [5.41, 5.74) is -0.278. The van der Waals surface area contributed by atoms with E-state index in [0.717, 1.165) is 0 Å². The van der Waals surface area contributed by atoms with Crippen molar-refractivity contribution in [1.82, 2.24) is 9.80 Å². The van der Waals surface area contributed by atoms with Crippen molar-refractivity contribution in [2.75, 3.05) is 25.1 Å². The van der Waals surface area contributed by atoms with Gasteiger partial charge in [-0.15, -0.1) is 0 Å². The summed E-state index contributed by atoms with van der Waals surface area (Å²) in [6, 6.07) is 13.4. The summed E-state index contributed by atoms with van der Waals surface area (Å²) in [7, 11) is 1.68. The number of ether oxygens (including phenoxy) is 2. The summed E-state index contributed by atoms with van der Waals surface area (Å²) < 4.78 is 13.4. The number of carbonyl (C=O) groups excluding carboxylic acids is 4. The van der Waals surface area contributed by atoms with Gasteiger partial charge in [-0.2, -0.15) is 0 Å². The van der Waals surface area contributed by atoms with Gasteiger partial charge in [0.05, 0.1) is 24.6 Å². The average Bonchev–Trinajstić information content (AvgIpc) is 3.67. The van der Waals surface area contributed by atoms with Crippen molar-refractivity contribution in [1.29, 1.82) is 0 Å². The van der Waals surface area contributed by atoms with E-state index in [1.165, 1.54) is 9.80 Å². The number of nitrogens with zero attached hydrogens (tertiary/aromatic N) is 3. The van der Waals surface area contributed by atoms with E-state index < -0.39 is 72.2 Å². The van der Waals surface area contributed by atoms with Gasteiger partial charge in [-0.05, 0) is 56.2 Å².